The summed E-state index contributed by atoms with van der Waals surface area (Å²) in [5.41, 5.74) is 6.21. The Balaban J connectivity index is 2.61. The van der Waals surface area contributed by atoms with E-state index in [2.05, 4.69) is 46.9 Å². The molecule has 0 heterocycles. The lowest BCUT2D eigenvalue weighted by molar-refractivity contribution is -0.129. The number of nitrogens with one attached hydrogen (secondary N) is 1. The van der Waals surface area contributed by atoms with Crippen LogP contribution >= 0.6 is 0 Å². The molecule has 0 aliphatic heterocycles. The van der Waals surface area contributed by atoms with Gasteiger partial charge in [-0.3, -0.25) is 4.79 Å². The highest BCUT2D eigenvalue weighted by molar-refractivity contribution is 5.79. The molecule has 1 fully saturated rings. The van der Waals surface area contributed by atoms with E-state index in [0.717, 1.165) is 12.8 Å². The van der Waals surface area contributed by atoms with Crippen molar-refractivity contribution in [3.05, 3.63) is 0 Å². The zero-order valence-corrected chi connectivity index (χ0v) is 12.8. The van der Waals surface area contributed by atoms with Crippen molar-refractivity contribution in [2.45, 2.75) is 66.5 Å². The predicted octanol–water partition coefficient (Wildman–Crippen LogP) is 2.55. The second kappa shape index (κ2) is 5.60. The third-order valence-corrected chi connectivity index (χ3v) is 4.68. The molecule has 0 saturated heterocycles. The van der Waals surface area contributed by atoms with Crippen LogP contribution in [0.4, 0.5) is 0 Å². The van der Waals surface area contributed by atoms with Gasteiger partial charge in [0, 0.05) is 18.0 Å². The topological polar surface area (TPSA) is 55.1 Å². The van der Waals surface area contributed by atoms with Gasteiger partial charge in [-0.05, 0) is 37.0 Å². The summed E-state index contributed by atoms with van der Waals surface area (Å²) < 4.78 is 0. The lowest BCUT2D eigenvalue weighted by atomic mass is 9.72. The Morgan fingerprint density at radius 1 is 1.22 bits per heavy atom. The van der Waals surface area contributed by atoms with Gasteiger partial charge in [0.1, 0.15) is 0 Å². The maximum Gasteiger partial charge on any atom is 0.223 e. The van der Waals surface area contributed by atoms with Gasteiger partial charge >= 0.3 is 0 Å². The highest BCUT2D eigenvalue weighted by Crippen LogP contribution is 2.33. The van der Waals surface area contributed by atoms with E-state index in [0.29, 0.717) is 11.8 Å². The fourth-order valence-corrected chi connectivity index (χ4v) is 2.59. The normalized spacial score (nSPS) is 35.1. The zero-order valence-electron chi connectivity index (χ0n) is 12.8. The minimum absolute atomic E-state index is 0.0843. The number of carbonyl (C=O) groups excluding carboxylic acids is 1. The molecule has 18 heavy (non-hydrogen) atoms. The largest absolute Gasteiger partial charge is 0.353 e. The van der Waals surface area contributed by atoms with Crippen molar-refractivity contribution in [2.24, 2.45) is 28.9 Å². The molecule has 0 radical (unpaired) electrons. The summed E-state index contributed by atoms with van der Waals surface area (Å²) in [7, 11) is 0. The Kier molecular flexibility index (Phi) is 4.82. The molecule has 1 rings (SSSR count). The number of nitrogens with two attached hydrogens (primary N) is 1. The molecule has 0 aromatic heterocycles. The van der Waals surface area contributed by atoms with Crippen LogP contribution in [-0.4, -0.2) is 18.0 Å². The molecule has 106 valence electrons. The lowest BCUT2D eigenvalue weighted by Crippen LogP contribution is -2.49. The quantitative estimate of drug-likeness (QED) is 0.795. The zero-order chi connectivity index (χ0) is 14.1. The highest BCUT2D eigenvalue weighted by Gasteiger charge is 2.36. The Hall–Kier alpha value is -0.570. The van der Waals surface area contributed by atoms with Crippen LogP contribution in [0.3, 0.4) is 0 Å². The van der Waals surface area contributed by atoms with E-state index < -0.39 is 0 Å². The summed E-state index contributed by atoms with van der Waals surface area (Å²) in [6, 6.07) is 0.356. The van der Waals surface area contributed by atoms with E-state index in [-0.39, 0.29) is 29.3 Å². The summed E-state index contributed by atoms with van der Waals surface area (Å²) in [6.45, 7) is 12.9. The van der Waals surface area contributed by atoms with Crippen LogP contribution in [0.1, 0.15) is 54.4 Å². The summed E-state index contributed by atoms with van der Waals surface area (Å²) in [5.74, 6) is 1.24. The number of carbonyl (C=O) groups is 1. The molecule has 3 N–H and O–H groups in total. The first-order chi connectivity index (χ1) is 8.12. The first-order valence-corrected chi connectivity index (χ1v) is 7.19. The van der Waals surface area contributed by atoms with Gasteiger partial charge in [-0.15, -0.1) is 0 Å². The third kappa shape index (κ3) is 3.71. The van der Waals surface area contributed by atoms with E-state index in [4.69, 9.17) is 5.73 Å². The van der Waals surface area contributed by atoms with Gasteiger partial charge < -0.3 is 11.1 Å². The van der Waals surface area contributed by atoms with Crippen molar-refractivity contribution in [3.8, 4) is 0 Å². The predicted molar refractivity (Wildman–Crippen MR) is 76.1 cm³/mol. The maximum absolute atomic E-state index is 12.4. The molecule has 5 unspecified atom stereocenters. The van der Waals surface area contributed by atoms with Crippen LogP contribution in [-0.2, 0) is 4.79 Å². The number of amides is 1. The van der Waals surface area contributed by atoms with Gasteiger partial charge in [-0.25, -0.2) is 0 Å². The molecule has 1 saturated carbocycles. The maximum atomic E-state index is 12.4. The molecular formula is C15H30N2O. The minimum Gasteiger partial charge on any atom is -0.353 e. The first kappa shape index (κ1) is 15.5. The second-order valence-corrected chi connectivity index (χ2v) is 7.29. The van der Waals surface area contributed by atoms with Gasteiger partial charge in [0.15, 0.2) is 0 Å². The van der Waals surface area contributed by atoms with E-state index in [1.807, 2.05) is 0 Å². The van der Waals surface area contributed by atoms with Crippen molar-refractivity contribution < 1.29 is 4.79 Å². The van der Waals surface area contributed by atoms with Crippen molar-refractivity contribution >= 4 is 5.91 Å². The molecule has 3 nitrogen and oxygen atoms in total. The fourth-order valence-electron chi connectivity index (χ4n) is 2.59. The standard InChI is InChI=1S/C15H30N2O/c1-9-7-10(2)13(16)8-12(9)14(18)17-11(3)15(4,5)6/h9-13H,7-8,16H2,1-6H3,(H,17,18). The molecule has 0 aromatic rings. The Labute approximate surface area is 112 Å². The number of hydrogen-bond acceptors (Lipinski definition) is 2. The summed E-state index contributed by atoms with van der Waals surface area (Å²) >= 11 is 0. The number of rotatable bonds is 2. The van der Waals surface area contributed by atoms with Crippen LogP contribution < -0.4 is 11.1 Å². The fraction of sp³-hybridized carbons (Fsp3) is 0.933. The minimum atomic E-state index is 0.0843. The van der Waals surface area contributed by atoms with E-state index in [1.54, 1.807) is 0 Å². The van der Waals surface area contributed by atoms with Gasteiger partial charge in [-0.1, -0.05) is 34.6 Å². The lowest BCUT2D eigenvalue weighted by Gasteiger charge is -2.38. The van der Waals surface area contributed by atoms with Crippen molar-refractivity contribution in [3.63, 3.8) is 0 Å². The summed E-state index contributed by atoms with van der Waals surface area (Å²) in [6.07, 6.45) is 1.88. The van der Waals surface area contributed by atoms with Crippen LogP contribution in [0.2, 0.25) is 0 Å². The smallest absolute Gasteiger partial charge is 0.223 e. The molecule has 1 amide bonds. The molecule has 1 aliphatic carbocycles. The van der Waals surface area contributed by atoms with Crippen molar-refractivity contribution in [2.75, 3.05) is 0 Å². The van der Waals surface area contributed by atoms with Gasteiger partial charge in [-0.2, -0.15) is 0 Å². The summed E-state index contributed by atoms with van der Waals surface area (Å²) in [5, 5.41) is 3.16. The summed E-state index contributed by atoms with van der Waals surface area (Å²) in [4.78, 5) is 12.4. The van der Waals surface area contributed by atoms with Gasteiger partial charge in [0.25, 0.3) is 0 Å². The van der Waals surface area contributed by atoms with Gasteiger partial charge in [0.05, 0.1) is 0 Å². The Morgan fingerprint density at radius 3 is 2.28 bits per heavy atom. The van der Waals surface area contributed by atoms with Gasteiger partial charge in [0.2, 0.25) is 5.91 Å². The molecule has 5 atom stereocenters. The Bertz CT molecular complexity index is 295. The Morgan fingerprint density at radius 2 is 1.78 bits per heavy atom. The second-order valence-electron chi connectivity index (χ2n) is 7.29. The molecule has 3 heteroatoms. The molecule has 0 spiro atoms. The van der Waals surface area contributed by atoms with E-state index >= 15 is 0 Å². The van der Waals surface area contributed by atoms with Crippen LogP contribution in [0.15, 0.2) is 0 Å². The third-order valence-electron chi connectivity index (χ3n) is 4.68. The number of hydrogen-bond donors (Lipinski definition) is 2. The molecule has 0 aromatic carbocycles. The average molecular weight is 254 g/mol. The van der Waals surface area contributed by atoms with Crippen molar-refractivity contribution in [1.29, 1.82) is 0 Å². The van der Waals surface area contributed by atoms with Crippen LogP contribution in [0, 0.1) is 23.2 Å². The molecule has 1 aliphatic rings. The highest BCUT2D eigenvalue weighted by atomic mass is 16.2. The molecular weight excluding hydrogens is 224 g/mol. The average Bonchev–Trinajstić information content (AvgIpc) is 2.21. The van der Waals surface area contributed by atoms with E-state index in [1.165, 1.54) is 0 Å². The van der Waals surface area contributed by atoms with Crippen LogP contribution in [0.25, 0.3) is 0 Å². The SMILES string of the molecule is CC1CC(C)C(C(=O)NC(C)C(C)(C)C)CC1N. The van der Waals surface area contributed by atoms with Crippen molar-refractivity contribution in [1.82, 2.24) is 5.32 Å². The molecule has 0 bridgehead atoms. The van der Waals surface area contributed by atoms with E-state index in [9.17, 15) is 4.79 Å². The first-order valence-electron chi connectivity index (χ1n) is 7.19. The monoisotopic (exact) mass is 254 g/mol. The van der Waals surface area contributed by atoms with Crippen LogP contribution in [0.5, 0.6) is 0 Å².